The van der Waals surface area contributed by atoms with Crippen molar-refractivity contribution in [1.29, 1.82) is 0 Å². The van der Waals surface area contributed by atoms with E-state index in [1.54, 1.807) is 11.8 Å². The summed E-state index contributed by atoms with van der Waals surface area (Å²) in [5.41, 5.74) is 4.93. The first-order valence-electron chi connectivity index (χ1n) is 9.13. The van der Waals surface area contributed by atoms with Crippen LogP contribution in [0.1, 0.15) is 16.7 Å². The fraction of sp³-hybridized carbons (Fsp3) is 0.125. The molecule has 3 aromatic rings. The third-order valence-electron chi connectivity index (χ3n) is 4.31. The molecule has 29 heavy (non-hydrogen) atoms. The van der Waals surface area contributed by atoms with E-state index in [1.807, 2.05) is 24.3 Å². The van der Waals surface area contributed by atoms with E-state index in [1.165, 1.54) is 22.3 Å². The molecule has 0 bridgehead atoms. The average Bonchev–Trinajstić information content (AvgIpc) is 2.72. The fourth-order valence-corrected chi connectivity index (χ4v) is 4.62. The Morgan fingerprint density at radius 2 is 1.79 bits per heavy atom. The van der Waals surface area contributed by atoms with Crippen LogP contribution in [0.2, 0.25) is 0 Å². The third kappa shape index (κ3) is 6.11. The van der Waals surface area contributed by atoms with Gasteiger partial charge in [0.15, 0.2) is 6.61 Å². The lowest BCUT2D eigenvalue weighted by Crippen LogP contribution is -2.10. The molecule has 3 nitrogen and oxygen atoms in total. The van der Waals surface area contributed by atoms with E-state index < -0.39 is 5.97 Å². The number of aryl methyl sites for hydroxylation is 1. The Morgan fingerprint density at radius 3 is 2.48 bits per heavy atom. The molecule has 0 atom stereocenters. The molecule has 3 rings (SSSR count). The van der Waals surface area contributed by atoms with Gasteiger partial charge >= 0.3 is 5.97 Å². The molecule has 0 saturated carbocycles. The smallest absolute Gasteiger partial charge is 0.341 e. The Labute approximate surface area is 188 Å². The van der Waals surface area contributed by atoms with Crippen LogP contribution < -0.4 is 4.74 Å². The van der Waals surface area contributed by atoms with E-state index in [2.05, 4.69) is 84.1 Å². The summed E-state index contributed by atoms with van der Waals surface area (Å²) >= 11 is 3.91. The first kappa shape index (κ1) is 21.5. The second-order valence-corrected chi connectivity index (χ2v) is 8.64. The summed E-state index contributed by atoms with van der Waals surface area (Å²) in [6.07, 6.45) is 2.27. The molecule has 0 unspecified atom stereocenters. The largest absolute Gasteiger partial charge is 0.481 e. The lowest BCUT2D eigenvalue weighted by atomic mass is 9.94. The van der Waals surface area contributed by atoms with Gasteiger partial charge in [0.1, 0.15) is 5.75 Å². The lowest BCUT2D eigenvalue weighted by Gasteiger charge is -2.12. The van der Waals surface area contributed by atoms with Crippen molar-refractivity contribution in [3.8, 4) is 5.75 Å². The van der Waals surface area contributed by atoms with Gasteiger partial charge in [-0.15, -0.1) is 11.8 Å². The predicted molar refractivity (Wildman–Crippen MR) is 128 cm³/mol. The first-order chi connectivity index (χ1) is 14.0. The van der Waals surface area contributed by atoms with Crippen LogP contribution in [0.4, 0.5) is 0 Å². The average molecular weight is 516 g/mol. The zero-order chi connectivity index (χ0) is 20.6. The van der Waals surface area contributed by atoms with Crippen molar-refractivity contribution < 1.29 is 14.6 Å². The zero-order valence-electron chi connectivity index (χ0n) is 16.0. The molecule has 0 fully saturated rings. The molecule has 0 spiro atoms. The van der Waals surface area contributed by atoms with Gasteiger partial charge in [-0.2, -0.15) is 0 Å². The molecule has 0 aliphatic heterocycles. The van der Waals surface area contributed by atoms with Gasteiger partial charge in [0.25, 0.3) is 0 Å². The third-order valence-corrected chi connectivity index (χ3v) is 6.08. The van der Waals surface area contributed by atoms with E-state index >= 15 is 0 Å². The van der Waals surface area contributed by atoms with E-state index in [0.29, 0.717) is 5.75 Å². The minimum Gasteiger partial charge on any atom is -0.481 e. The standard InChI is InChI=1S/C24H21IO3S/c1-17-7-5-6-10-20(17)21(18-8-3-2-4-9-18)13-14-29-19-11-12-23(22(25)15-19)28-16-24(26)27/h2-13,15H,14,16H2,1H3,(H,26,27). The van der Waals surface area contributed by atoms with Crippen LogP contribution in [0.5, 0.6) is 5.75 Å². The van der Waals surface area contributed by atoms with Crippen molar-refractivity contribution >= 4 is 45.9 Å². The summed E-state index contributed by atoms with van der Waals surface area (Å²) in [4.78, 5) is 11.8. The highest BCUT2D eigenvalue weighted by atomic mass is 127. The first-order valence-corrected chi connectivity index (χ1v) is 11.2. The molecule has 0 aliphatic carbocycles. The molecule has 148 valence electrons. The molecule has 1 N–H and O–H groups in total. The number of benzene rings is 3. The molecule has 0 heterocycles. The van der Waals surface area contributed by atoms with Gasteiger partial charge in [-0.25, -0.2) is 4.79 Å². The summed E-state index contributed by atoms with van der Waals surface area (Å²) in [5, 5.41) is 8.76. The lowest BCUT2D eigenvalue weighted by molar-refractivity contribution is -0.139. The number of halogens is 1. The van der Waals surface area contributed by atoms with Crippen LogP contribution in [0.25, 0.3) is 5.57 Å². The summed E-state index contributed by atoms with van der Waals surface area (Å²) < 4.78 is 6.20. The topological polar surface area (TPSA) is 46.5 Å². The van der Waals surface area contributed by atoms with Crippen LogP contribution in [-0.2, 0) is 4.79 Å². The Kier molecular flexibility index (Phi) is 7.77. The molecular weight excluding hydrogens is 495 g/mol. The SMILES string of the molecule is Cc1ccccc1C(=CCSc1ccc(OCC(=O)O)c(I)c1)c1ccccc1. The minimum atomic E-state index is -0.978. The van der Waals surface area contributed by atoms with Gasteiger partial charge in [-0.05, 0) is 70.0 Å². The Morgan fingerprint density at radius 1 is 1.07 bits per heavy atom. The normalized spacial score (nSPS) is 11.3. The zero-order valence-corrected chi connectivity index (χ0v) is 18.9. The molecule has 0 aliphatic rings. The molecular formula is C24H21IO3S. The maximum Gasteiger partial charge on any atom is 0.341 e. The van der Waals surface area contributed by atoms with Crippen molar-refractivity contribution in [2.45, 2.75) is 11.8 Å². The summed E-state index contributed by atoms with van der Waals surface area (Å²) in [7, 11) is 0. The minimum absolute atomic E-state index is 0.331. The van der Waals surface area contributed by atoms with Gasteiger partial charge in [-0.1, -0.05) is 60.7 Å². The van der Waals surface area contributed by atoms with Gasteiger partial charge in [0.2, 0.25) is 0 Å². The predicted octanol–water partition coefficient (Wildman–Crippen LogP) is 6.29. The number of rotatable bonds is 8. The van der Waals surface area contributed by atoms with Gasteiger partial charge in [0.05, 0.1) is 3.57 Å². The van der Waals surface area contributed by atoms with Crippen molar-refractivity contribution in [3.63, 3.8) is 0 Å². The fourth-order valence-electron chi connectivity index (χ4n) is 2.93. The summed E-state index contributed by atoms with van der Waals surface area (Å²) in [5.74, 6) is 0.441. The van der Waals surface area contributed by atoms with Gasteiger partial charge in [0, 0.05) is 10.6 Å². The van der Waals surface area contributed by atoms with Crippen molar-refractivity contribution in [1.82, 2.24) is 0 Å². The molecule has 0 radical (unpaired) electrons. The van der Waals surface area contributed by atoms with Gasteiger partial charge < -0.3 is 9.84 Å². The number of carboxylic acid groups (broad SMARTS) is 1. The quantitative estimate of drug-likeness (QED) is 0.283. The Balaban J connectivity index is 1.78. The Bertz CT molecular complexity index is 1020. The molecule has 0 aromatic heterocycles. The maximum atomic E-state index is 10.7. The second-order valence-electron chi connectivity index (χ2n) is 6.38. The number of hydrogen-bond acceptors (Lipinski definition) is 3. The van der Waals surface area contributed by atoms with Crippen LogP contribution in [0.15, 0.2) is 83.8 Å². The molecule has 3 aromatic carbocycles. The second kappa shape index (κ2) is 10.5. The monoisotopic (exact) mass is 516 g/mol. The van der Waals surface area contributed by atoms with E-state index in [4.69, 9.17) is 9.84 Å². The highest BCUT2D eigenvalue weighted by molar-refractivity contribution is 14.1. The number of hydrogen-bond donors (Lipinski definition) is 1. The number of carboxylic acids is 1. The number of aliphatic carboxylic acids is 1. The number of thioether (sulfide) groups is 1. The maximum absolute atomic E-state index is 10.7. The van der Waals surface area contributed by atoms with Crippen LogP contribution >= 0.6 is 34.4 Å². The summed E-state index contributed by atoms with van der Waals surface area (Å²) in [6.45, 7) is 1.81. The van der Waals surface area contributed by atoms with Crippen LogP contribution in [0.3, 0.4) is 0 Å². The summed E-state index contributed by atoms with van der Waals surface area (Å²) in [6, 6.07) is 24.7. The number of ether oxygens (including phenoxy) is 1. The highest BCUT2D eigenvalue weighted by Crippen LogP contribution is 2.30. The van der Waals surface area contributed by atoms with Crippen LogP contribution in [0, 0.1) is 10.5 Å². The van der Waals surface area contributed by atoms with E-state index in [9.17, 15) is 4.79 Å². The van der Waals surface area contributed by atoms with E-state index in [0.717, 1.165) is 14.2 Å². The van der Waals surface area contributed by atoms with Crippen LogP contribution in [-0.4, -0.2) is 23.4 Å². The highest BCUT2D eigenvalue weighted by Gasteiger charge is 2.08. The van der Waals surface area contributed by atoms with Gasteiger partial charge in [-0.3, -0.25) is 0 Å². The molecule has 5 heteroatoms. The van der Waals surface area contributed by atoms with E-state index in [-0.39, 0.29) is 6.61 Å². The molecule has 0 saturated heterocycles. The number of carbonyl (C=O) groups is 1. The molecule has 0 amide bonds. The van der Waals surface area contributed by atoms with Crippen molar-refractivity contribution in [2.24, 2.45) is 0 Å². The Hall–Kier alpha value is -2.25. The van der Waals surface area contributed by atoms with Crippen molar-refractivity contribution in [3.05, 3.63) is 99.1 Å². The van der Waals surface area contributed by atoms with Crippen molar-refractivity contribution in [2.75, 3.05) is 12.4 Å².